The molecule has 0 aliphatic rings. The van der Waals surface area contributed by atoms with Gasteiger partial charge < -0.3 is 0 Å². The average molecular weight is 176 g/mol. The van der Waals surface area contributed by atoms with Crippen molar-refractivity contribution in [3.63, 3.8) is 0 Å². The standard InChI is InChI=1S/C10H24S/c1-8-9(2)10(3,4)11(5,6)7/h9H,8H2,1-7H3. The Morgan fingerprint density at radius 3 is 1.64 bits per heavy atom. The maximum absolute atomic E-state index is 2.42. The molecule has 0 nitrogen and oxygen atoms in total. The van der Waals surface area contributed by atoms with Gasteiger partial charge in [0.2, 0.25) is 0 Å². The molecule has 0 amide bonds. The van der Waals surface area contributed by atoms with E-state index in [9.17, 15) is 0 Å². The van der Waals surface area contributed by atoms with Crippen molar-refractivity contribution in [1.29, 1.82) is 0 Å². The maximum Gasteiger partial charge on any atom is -0.00359 e. The molecule has 0 N–H and O–H groups in total. The molecule has 0 bridgehead atoms. The van der Waals surface area contributed by atoms with Crippen LogP contribution < -0.4 is 0 Å². The molecule has 11 heavy (non-hydrogen) atoms. The maximum atomic E-state index is 2.42. The van der Waals surface area contributed by atoms with Crippen molar-refractivity contribution in [2.75, 3.05) is 18.8 Å². The van der Waals surface area contributed by atoms with E-state index in [0.29, 0.717) is 4.75 Å². The zero-order chi connectivity index (χ0) is 9.28. The first-order chi connectivity index (χ1) is 4.73. The summed E-state index contributed by atoms with van der Waals surface area (Å²) >= 11 is 0. The fraction of sp³-hybridized carbons (Fsp3) is 1.00. The molecule has 0 radical (unpaired) electrons. The molecule has 0 aromatic rings. The van der Waals surface area contributed by atoms with Gasteiger partial charge in [0.05, 0.1) is 0 Å². The monoisotopic (exact) mass is 176 g/mol. The summed E-state index contributed by atoms with van der Waals surface area (Å²) in [5.74, 6) is 0.845. The molecule has 0 aromatic carbocycles. The van der Waals surface area contributed by atoms with Crippen molar-refractivity contribution in [3.05, 3.63) is 0 Å². The molecule has 0 heterocycles. The molecule has 1 unspecified atom stereocenters. The predicted molar refractivity (Wildman–Crippen MR) is 58.9 cm³/mol. The third kappa shape index (κ3) is 2.40. The van der Waals surface area contributed by atoms with Gasteiger partial charge in [-0.15, -0.1) is 0 Å². The molecule has 0 aromatic heterocycles. The molecule has 0 saturated carbocycles. The second kappa shape index (κ2) is 3.38. The third-order valence-corrected chi connectivity index (χ3v) is 6.94. The Morgan fingerprint density at radius 2 is 1.55 bits per heavy atom. The van der Waals surface area contributed by atoms with Gasteiger partial charge in [0.15, 0.2) is 0 Å². The van der Waals surface area contributed by atoms with Crippen LogP contribution in [-0.4, -0.2) is 23.5 Å². The number of hydrogen-bond acceptors (Lipinski definition) is 0. The summed E-state index contributed by atoms with van der Waals surface area (Å²) in [6, 6.07) is 0. The highest BCUT2D eigenvalue weighted by atomic mass is 32.3. The Labute approximate surface area is 74.1 Å². The smallest absolute Gasteiger partial charge is 0.00359 e. The van der Waals surface area contributed by atoms with Crippen LogP contribution in [-0.2, 0) is 0 Å². The average Bonchev–Trinajstić information content (AvgIpc) is 1.83. The zero-order valence-electron chi connectivity index (χ0n) is 9.19. The van der Waals surface area contributed by atoms with Crippen LogP contribution in [0.1, 0.15) is 34.1 Å². The van der Waals surface area contributed by atoms with Gasteiger partial charge in [-0.2, -0.15) is 0 Å². The molecule has 0 rings (SSSR count). The first kappa shape index (κ1) is 11.4. The van der Waals surface area contributed by atoms with E-state index in [2.05, 4.69) is 46.5 Å². The van der Waals surface area contributed by atoms with E-state index < -0.39 is 10.0 Å². The van der Waals surface area contributed by atoms with E-state index in [1.165, 1.54) is 6.42 Å². The van der Waals surface area contributed by atoms with Crippen molar-refractivity contribution in [2.45, 2.75) is 38.9 Å². The Balaban J connectivity index is 4.45. The molecule has 1 atom stereocenters. The van der Waals surface area contributed by atoms with Crippen LogP contribution in [0.3, 0.4) is 0 Å². The van der Waals surface area contributed by atoms with Crippen molar-refractivity contribution in [1.82, 2.24) is 0 Å². The minimum absolute atomic E-state index is 0.414. The Bertz CT molecular complexity index is 119. The lowest BCUT2D eigenvalue weighted by Crippen LogP contribution is -2.33. The van der Waals surface area contributed by atoms with Crippen LogP contribution in [0.4, 0.5) is 0 Å². The fourth-order valence-corrected chi connectivity index (χ4v) is 2.47. The number of hydrogen-bond donors (Lipinski definition) is 0. The summed E-state index contributed by atoms with van der Waals surface area (Å²) in [6.45, 7) is 9.49. The van der Waals surface area contributed by atoms with Gasteiger partial charge in [0.25, 0.3) is 0 Å². The minimum atomic E-state index is -0.414. The van der Waals surface area contributed by atoms with E-state index in [1.807, 2.05) is 0 Å². The first-order valence-corrected chi connectivity index (χ1v) is 7.27. The van der Waals surface area contributed by atoms with E-state index in [0.717, 1.165) is 5.92 Å². The highest BCUT2D eigenvalue weighted by Crippen LogP contribution is 2.54. The largest absolute Gasteiger partial charge is 0.244 e. The van der Waals surface area contributed by atoms with Crippen LogP contribution in [0.15, 0.2) is 0 Å². The lowest BCUT2D eigenvalue weighted by molar-refractivity contribution is 0.443. The highest BCUT2D eigenvalue weighted by Gasteiger charge is 2.32. The van der Waals surface area contributed by atoms with Crippen LogP contribution >= 0.6 is 10.0 Å². The Morgan fingerprint density at radius 1 is 1.18 bits per heavy atom. The normalized spacial score (nSPS) is 18.1. The fourth-order valence-electron chi connectivity index (χ4n) is 1.10. The zero-order valence-corrected chi connectivity index (χ0v) is 10.0. The SMILES string of the molecule is CCC(C)C(C)(C)S(C)(C)C. The molecular formula is C10H24S. The summed E-state index contributed by atoms with van der Waals surface area (Å²) in [6.07, 6.45) is 8.55. The molecule has 0 saturated heterocycles. The van der Waals surface area contributed by atoms with Crippen molar-refractivity contribution < 1.29 is 0 Å². The van der Waals surface area contributed by atoms with E-state index in [4.69, 9.17) is 0 Å². The second-order valence-corrected chi connectivity index (χ2v) is 9.48. The second-order valence-electron chi connectivity index (χ2n) is 4.75. The highest BCUT2D eigenvalue weighted by molar-refractivity contribution is 8.33. The van der Waals surface area contributed by atoms with Crippen LogP contribution in [0, 0.1) is 5.92 Å². The van der Waals surface area contributed by atoms with Gasteiger partial charge in [-0.25, -0.2) is 10.0 Å². The third-order valence-electron chi connectivity index (χ3n) is 3.38. The summed E-state index contributed by atoms with van der Waals surface area (Å²) in [5.41, 5.74) is 0. The van der Waals surface area contributed by atoms with Gasteiger partial charge in [0, 0.05) is 0 Å². The molecule has 0 aliphatic carbocycles. The van der Waals surface area contributed by atoms with Crippen molar-refractivity contribution in [2.24, 2.45) is 5.92 Å². The molecular weight excluding hydrogens is 152 g/mol. The van der Waals surface area contributed by atoms with Crippen LogP contribution in [0.2, 0.25) is 0 Å². The molecule has 0 fully saturated rings. The van der Waals surface area contributed by atoms with Gasteiger partial charge in [-0.05, 0) is 29.4 Å². The van der Waals surface area contributed by atoms with Gasteiger partial charge >= 0.3 is 0 Å². The minimum Gasteiger partial charge on any atom is -0.244 e. The van der Waals surface area contributed by atoms with E-state index in [1.54, 1.807) is 0 Å². The Hall–Kier alpha value is 0.350. The number of rotatable bonds is 3. The van der Waals surface area contributed by atoms with Gasteiger partial charge in [-0.3, -0.25) is 0 Å². The van der Waals surface area contributed by atoms with Crippen LogP contribution in [0.5, 0.6) is 0 Å². The predicted octanol–water partition coefficient (Wildman–Crippen LogP) is 3.51. The van der Waals surface area contributed by atoms with Crippen LogP contribution in [0.25, 0.3) is 0 Å². The molecule has 0 spiro atoms. The summed E-state index contributed by atoms with van der Waals surface area (Å²) in [7, 11) is -0.414. The Kier molecular flexibility index (Phi) is 3.49. The molecule has 1 heteroatoms. The van der Waals surface area contributed by atoms with Crippen molar-refractivity contribution in [3.8, 4) is 0 Å². The lowest BCUT2D eigenvalue weighted by Gasteiger charge is -2.48. The van der Waals surface area contributed by atoms with Crippen molar-refractivity contribution >= 4 is 10.0 Å². The van der Waals surface area contributed by atoms with Gasteiger partial charge in [-0.1, -0.05) is 34.1 Å². The van der Waals surface area contributed by atoms with E-state index >= 15 is 0 Å². The first-order valence-electron chi connectivity index (χ1n) is 4.41. The molecule has 70 valence electrons. The van der Waals surface area contributed by atoms with E-state index in [-0.39, 0.29) is 0 Å². The quantitative estimate of drug-likeness (QED) is 0.617. The van der Waals surface area contributed by atoms with Gasteiger partial charge in [0.1, 0.15) is 0 Å². The molecule has 0 aliphatic heterocycles. The summed E-state index contributed by atoms with van der Waals surface area (Å²) < 4.78 is 0.530. The lowest BCUT2D eigenvalue weighted by atomic mass is 9.95. The summed E-state index contributed by atoms with van der Waals surface area (Å²) in [5, 5.41) is 0. The summed E-state index contributed by atoms with van der Waals surface area (Å²) in [4.78, 5) is 0. The topological polar surface area (TPSA) is 0 Å².